The zero-order valence-corrected chi connectivity index (χ0v) is 11.3. The summed E-state index contributed by atoms with van der Waals surface area (Å²) in [5, 5.41) is 19.9. The molecule has 0 aromatic heterocycles. The van der Waals surface area contributed by atoms with E-state index in [-0.39, 0.29) is 17.5 Å². The summed E-state index contributed by atoms with van der Waals surface area (Å²) in [6.45, 7) is 4.39. The van der Waals surface area contributed by atoms with Gasteiger partial charge in [-0.3, -0.25) is 10.1 Å². The van der Waals surface area contributed by atoms with Crippen LogP contribution in [0.1, 0.15) is 20.3 Å². The highest BCUT2D eigenvalue weighted by Gasteiger charge is 2.13. The quantitative estimate of drug-likeness (QED) is 0.469. The highest BCUT2D eigenvalue weighted by molar-refractivity contribution is 8.00. The maximum atomic E-state index is 10.8. The Bertz CT molecular complexity index is 411. The van der Waals surface area contributed by atoms with Gasteiger partial charge in [0.2, 0.25) is 0 Å². The first-order chi connectivity index (χ1) is 8.56. The number of nitro groups is 1. The molecule has 0 fully saturated rings. The molecule has 0 aliphatic carbocycles. The number of hydrogen-bond acceptors (Lipinski definition) is 5. The number of rotatable bonds is 7. The molecule has 0 aliphatic heterocycles. The number of ether oxygens (including phenoxy) is 1. The summed E-state index contributed by atoms with van der Waals surface area (Å²) in [4.78, 5) is 11.2. The summed E-state index contributed by atoms with van der Waals surface area (Å²) in [7, 11) is 0. The zero-order chi connectivity index (χ0) is 13.5. The first-order valence-corrected chi connectivity index (χ1v) is 6.64. The molecule has 6 heteroatoms. The molecule has 1 unspecified atom stereocenters. The number of nitro benzene ring substituents is 1. The van der Waals surface area contributed by atoms with E-state index in [0.717, 1.165) is 4.90 Å². The molecule has 1 N–H and O–H groups in total. The van der Waals surface area contributed by atoms with Crippen molar-refractivity contribution >= 4 is 17.4 Å². The number of thioether (sulfide) groups is 1. The van der Waals surface area contributed by atoms with Gasteiger partial charge in [0.05, 0.1) is 17.6 Å². The molecule has 0 bridgehead atoms. The monoisotopic (exact) mass is 271 g/mol. The van der Waals surface area contributed by atoms with Crippen molar-refractivity contribution in [2.24, 2.45) is 0 Å². The van der Waals surface area contributed by atoms with Crippen LogP contribution in [-0.2, 0) is 0 Å². The molecular weight excluding hydrogens is 254 g/mol. The maximum absolute atomic E-state index is 10.8. The van der Waals surface area contributed by atoms with Gasteiger partial charge in [-0.2, -0.15) is 0 Å². The lowest BCUT2D eigenvalue weighted by molar-refractivity contribution is -0.385. The van der Waals surface area contributed by atoms with Crippen LogP contribution in [0, 0.1) is 10.1 Å². The van der Waals surface area contributed by atoms with Gasteiger partial charge in [0.15, 0.2) is 0 Å². The van der Waals surface area contributed by atoms with E-state index >= 15 is 0 Å². The average molecular weight is 271 g/mol. The topological polar surface area (TPSA) is 72.6 Å². The first kappa shape index (κ1) is 14.8. The Kier molecular flexibility index (Phi) is 5.94. The minimum atomic E-state index is -0.427. The minimum absolute atomic E-state index is 0.0275. The van der Waals surface area contributed by atoms with E-state index in [9.17, 15) is 10.1 Å². The summed E-state index contributed by atoms with van der Waals surface area (Å²) in [6, 6.07) is 4.74. The second-order valence-corrected chi connectivity index (χ2v) is 5.31. The molecule has 100 valence electrons. The van der Waals surface area contributed by atoms with Crippen molar-refractivity contribution in [3.8, 4) is 5.75 Å². The summed E-state index contributed by atoms with van der Waals surface area (Å²) in [6.07, 6.45) is 0.650. The smallest absolute Gasteiger partial charge is 0.274 e. The maximum Gasteiger partial charge on any atom is 0.274 e. The van der Waals surface area contributed by atoms with Crippen molar-refractivity contribution in [3.05, 3.63) is 28.3 Å². The van der Waals surface area contributed by atoms with Crippen molar-refractivity contribution in [3.63, 3.8) is 0 Å². The van der Waals surface area contributed by atoms with Crippen molar-refractivity contribution in [1.29, 1.82) is 0 Å². The highest BCUT2D eigenvalue weighted by Crippen LogP contribution is 2.32. The molecular formula is C12H17NO4S. The molecule has 5 nitrogen and oxygen atoms in total. The van der Waals surface area contributed by atoms with Crippen LogP contribution in [0.4, 0.5) is 5.69 Å². The van der Waals surface area contributed by atoms with Crippen LogP contribution in [0.2, 0.25) is 0 Å². The summed E-state index contributed by atoms with van der Waals surface area (Å²) < 4.78 is 5.31. The Morgan fingerprint density at radius 2 is 2.22 bits per heavy atom. The van der Waals surface area contributed by atoms with Crippen molar-refractivity contribution < 1.29 is 14.8 Å². The van der Waals surface area contributed by atoms with Crippen LogP contribution >= 0.6 is 11.8 Å². The van der Waals surface area contributed by atoms with Gasteiger partial charge in [0, 0.05) is 22.8 Å². The van der Waals surface area contributed by atoms with E-state index in [0.29, 0.717) is 18.8 Å². The average Bonchev–Trinajstić information content (AvgIpc) is 2.29. The number of aliphatic hydroxyl groups excluding tert-OH is 1. The number of nitrogens with zero attached hydrogens (tertiary/aromatic N) is 1. The molecule has 0 aliphatic rings. The van der Waals surface area contributed by atoms with Crippen molar-refractivity contribution in [1.82, 2.24) is 0 Å². The minimum Gasteiger partial charge on any atom is -0.494 e. The molecule has 1 rings (SSSR count). The van der Waals surface area contributed by atoms with Crippen LogP contribution in [0.3, 0.4) is 0 Å². The van der Waals surface area contributed by atoms with Gasteiger partial charge in [-0.05, 0) is 19.4 Å². The number of non-ortho nitro benzene ring substituents is 1. The fourth-order valence-electron chi connectivity index (χ4n) is 1.45. The van der Waals surface area contributed by atoms with E-state index in [1.807, 2.05) is 13.8 Å². The van der Waals surface area contributed by atoms with Crippen LogP contribution < -0.4 is 4.74 Å². The second-order valence-electron chi connectivity index (χ2n) is 3.79. The molecule has 0 saturated heterocycles. The van der Waals surface area contributed by atoms with E-state index in [1.54, 1.807) is 6.07 Å². The van der Waals surface area contributed by atoms with Crippen LogP contribution in [-0.4, -0.2) is 28.5 Å². The lowest BCUT2D eigenvalue weighted by Gasteiger charge is -2.11. The summed E-state index contributed by atoms with van der Waals surface area (Å²) >= 11 is 1.50. The Morgan fingerprint density at radius 1 is 1.50 bits per heavy atom. The van der Waals surface area contributed by atoms with Gasteiger partial charge in [0.1, 0.15) is 5.75 Å². The predicted molar refractivity (Wildman–Crippen MR) is 71.3 cm³/mol. The molecule has 0 radical (unpaired) electrons. The Hall–Kier alpha value is -1.27. The van der Waals surface area contributed by atoms with Gasteiger partial charge in [-0.25, -0.2) is 0 Å². The zero-order valence-electron chi connectivity index (χ0n) is 10.5. The third-order valence-corrected chi connectivity index (χ3v) is 3.41. The first-order valence-electron chi connectivity index (χ1n) is 5.76. The Labute approximate surface area is 110 Å². The molecule has 0 saturated carbocycles. The van der Waals surface area contributed by atoms with E-state index in [4.69, 9.17) is 9.84 Å². The normalized spacial score (nSPS) is 12.2. The largest absolute Gasteiger partial charge is 0.494 e. The highest BCUT2D eigenvalue weighted by atomic mass is 32.2. The third kappa shape index (κ3) is 4.54. The van der Waals surface area contributed by atoms with Gasteiger partial charge < -0.3 is 9.84 Å². The van der Waals surface area contributed by atoms with E-state index < -0.39 is 4.92 Å². The van der Waals surface area contributed by atoms with Crippen LogP contribution in [0.15, 0.2) is 23.1 Å². The molecule has 0 heterocycles. The fourth-order valence-corrected chi connectivity index (χ4v) is 2.51. The third-order valence-electron chi connectivity index (χ3n) is 2.26. The molecule has 1 atom stereocenters. The van der Waals surface area contributed by atoms with Gasteiger partial charge in [-0.1, -0.05) is 6.92 Å². The van der Waals surface area contributed by atoms with Crippen molar-refractivity contribution in [2.45, 2.75) is 30.4 Å². The Balaban J connectivity index is 2.91. The molecule has 18 heavy (non-hydrogen) atoms. The molecule has 0 spiro atoms. The van der Waals surface area contributed by atoms with E-state index in [1.165, 1.54) is 23.9 Å². The summed E-state index contributed by atoms with van der Waals surface area (Å²) in [5.41, 5.74) is 0.0275. The number of benzene rings is 1. The Morgan fingerprint density at radius 3 is 2.78 bits per heavy atom. The number of hydrogen-bond donors (Lipinski definition) is 1. The standard InChI is InChI=1S/C12H17NO4S/c1-3-17-11-6-10(13(15)16)7-12(8-11)18-9(2)4-5-14/h6-9,14H,3-5H2,1-2H3. The SMILES string of the molecule is CCOc1cc(SC(C)CCO)cc([N+](=O)[O-])c1. The summed E-state index contributed by atoms with van der Waals surface area (Å²) in [5.74, 6) is 0.505. The molecule has 1 aromatic rings. The molecule has 1 aromatic carbocycles. The van der Waals surface area contributed by atoms with E-state index in [2.05, 4.69) is 0 Å². The van der Waals surface area contributed by atoms with Crippen LogP contribution in [0.5, 0.6) is 5.75 Å². The lowest BCUT2D eigenvalue weighted by Crippen LogP contribution is -2.00. The van der Waals surface area contributed by atoms with Gasteiger partial charge in [-0.15, -0.1) is 11.8 Å². The van der Waals surface area contributed by atoms with Crippen molar-refractivity contribution in [2.75, 3.05) is 13.2 Å². The lowest BCUT2D eigenvalue weighted by atomic mass is 10.3. The van der Waals surface area contributed by atoms with Gasteiger partial charge >= 0.3 is 0 Å². The van der Waals surface area contributed by atoms with Gasteiger partial charge in [0.25, 0.3) is 5.69 Å². The fraction of sp³-hybridized carbons (Fsp3) is 0.500. The second kappa shape index (κ2) is 7.23. The number of aliphatic hydroxyl groups is 1. The predicted octanol–water partition coefficient (Wildman–Crippen LogP) is 2.86. The molecule has 0 amide bonds. The van der Waals surface area contributed by atoms with Crippen LogP contribution in [0.25, 0.3) is 0 Å².